The van der Waals surface area contributed by atoms with E-state index in [1.54, 1.807) is 0 Å². The summed E-state index contributed by atoms with van der Waals surface area (Å²) < 4.78 is 4.94. The number of rotatable bonds is 3. The summed E-state index contributed by atoms with van der Waals surface area (Å²) in [6.07, 6.45) is -5.36. The zero-order valence-electron chi connectivity index (χ0n) is 15.4. The van der Waals surface area contributed by atoms with Gasteiger partial charge in [-0.05, 0) is 34.1 Å². The minimum absolute atomic E-state index is 0.203. The van der Waals surface area contributed by atoms with E-state index >= 15 is 0 Å². The average Bonchev–Trinajstić information content (AvgIpc) is 2.73. The molecule has 2 aliphatic rings. The molecule has 26 heavy (non-hydrogen) atoms. The van der Waals surface area contributed by atoms with Crippen LogP contribution in [-0.4, -0.2) is 86.6 Å². The Labute approximate surface area is 151 Å². The first-order valence-corrected chi connectivity index (χ1v) is 8.59. The Kier molecular flexibility index (Phi) is 5.96. The number of hydrogen-bond acceptors (Lipinski definition) is 8. The third-order valence-corrected chi connectivity index (χ3v) is 4.96. The quantitative estimate of drug-likeness (QED) is 0.256. The molecule has 150 valence electrons. The monoisotopic (exact) mass is 375 g/mol. The molecule has 2 aliphatic heterocycles. The van der Waals surface area contributed by atoms with Crippen LogP contribution in [0.3, 0.4) is 0 Å². The fourth-order valence-electron chi connectivity index (χ4n) is 3.70. The van der Waals surface area contributed by atoms with E-state index in [0.29, 0.717) is 6.42 Å². The number of ether oxygens (including phenoxy) is 1. The Bertz CT molecular complexity index is 554. The molecule has 2 amide bonds. The van der Waals surface area contributed by atoms with Gasteiger partial charge in [-0.3, -0.25) is 9.59 Å². The molecule has 0 aliphatic carbocycles. The molecule has 0 aromatic carbocycles. The van der Waals surface area contributed by atoms with E-state index in [1.165, 1.54) is 0 Å². The van der Waals surface area contributed by atoms with Gasteiger partial charge in [0.2, 0.25) is 0 Å². The number of aliphatic hydroxyl groups is 4. The zero-order chi connectivity index (χ0) is 19.9. The van der Waals surface area contributed by atoms with Crippen molar-refractivity contribution in [2.75, 3.05) is 6.61 Å². The molecule has 0 aromatic heterocycles. The van der Waals surface area contributed by atoms with Crippen LogP contribution in [0.5, 0.6) is 0 Å². The van der Waals surface area contributed by atoms with Crippen LogP contribution < -0.4 is 16.0 Å². The van der Waals surface area contributed by atoms with Crippen molar-refractivity contribution in [2.24, 2.45) is 0 Å². The first-order valence-electron chi connectivity index (χ1n) is 8.59. The molecule has 2 fully saturated rings. The molecule has 2 saturated heterocycles. The molecule has 2 heterocycles. The first kappa shape index (κ1) is 21.0. The van der Waals surface area contributed by atoms with Crippen LogP contribution in [0.15, 0.2) is 0 Å². The van der Waals surface area contributed by atoms with E-state index in [4.69, 9.17) is 9.84 Å². The first-order chi connectivity index (χ1) is 11.9. The fraction of sp³-hybridized carbons (Fsp3) is 0.875. The highest BCUT2D eigenvalue weighted by atomic mass is 16.6. The topological polar surface area (TPSA) is 160 Å². The van der Waals surface area contributed by atoms with E-state index in [0.717, 1.165) is 0 Å². The van der Waals surface area contributed by atoms with Gasteiger partial charge >= 0.3 is 11.8 Å². The lowest BCUT2D eigenvalue weighted by molar-refractivity contribution is -0.253. The van der Waals surface area contributed by atoms with E-state index in [-0.39, 0.29) is 11.6 Å². The summed E-state index contributed by atoms with van der Waals surface area (Å²) in [6.45, 7) is 7.20. The predicted octanol–water partition coefficient (Wildman–Crippen LogP) is -3.06. The van der Waals surface area contributed by atoms with Crippen molar-refractivity contribution in [1.29, 1.82) is 0 Å². The molecule has 7 N–H and O–H groups in total. The van der Waals surface area contributed by atoms with Crippen molar-refractivity contribution < 1.29 is 34.8 Å². The Morgan fingerprint density at radius 3 is 2.15 bits per heavy atom. The van der Waals surface area contributed by atoms with E-state index < -0.39 is 54.6 Å². The van der Waals surface area contributed by atoms with Gasteiger partial charge in [0.05, 0.1) is 6.61 Å². The lowest BCUT2D eigenvalue weighted by atomic mass is 9.94. The molecule has 0 bridgehead atoms. The van der Waals surface area contributed by atoms with Crippen LogP contribution in [0.2, 0.25) is 0 Å². The Balaban J connectivity index is 1.98. The normalized spacial score (nSPS) is 38.6. The highest BCUT2D eigenvalue weighted by Gasteiger charge is 2.47. The van der Waals surface area contributed by atoms with Crippen molar-refractivity contribution in [3.63, 3.8) is 0 Å². The van der Waals surface area contributed by atoms with Gasteiger partial charge in [-0.25, -0.2) is 0 Å². The van der Waals surface area contributed by atoms with Crippen molar-refractivity contribution in [1.82, 2.24) is 16.0 Å². The molecule has 10 heteroatoms. The molecular formula is C16H29N3O7. The van der Waals surface area contributed by atoms with Crippen LogP contribution in [0, 0.1) is 0 Å². The number of nitrogens with one attached hydrogen (secondary N) is 3. The van der Waals surface area contributed by atoms with Crippen LogP contribution in [0.25, 0.3) is 0 Å². The summed E-state index contributed by atoms with van der Waals surface area (Å²) in [5, 5.41) is 47.0. The third kappa shape index (κ3) is 4.33. The van der Waals surface area contributed by atoms with Gasteiger partial charge in [-0.2, -0.15) is 0 Å². The van der Waals surface area contributed by atoms with E-state index in [2.05, 4.69) is 16.0 Å². The minimum Gasteiger partial charge on any atom is -0.394 e. The van der Waals surface area contributed by atoms with Gasteiger partial charge in [-0.15, -0.1) is 0 Å². The second-order valence-corrected chi connectivity index (χ2v) is 8.19. The zero-order valence-corrected chi connectivity index (χ0v) is 15.4. The highest BCUT2D eigenvalue weighted by Crippen LogP contribution is 2.30. The van der Waals surface area contributed by atoms with Gasteiger partial charge in [-0.1, -0.05) is 0 Å². The van der Waals surface area contributed by atoms with Gasteiger partial charge in [0, 0.05) is 17.1 Å². The Morgan fingerprint density at radius 1 is 1.08 bits per heavy atom. The summed E-state index contributed by atoms with van der Waals surface area (Å²) in [6, 6.07) is -1.70. The van der Waals surface area contributed by atoms with Crippen LogP contribution >= 0.6 is 0 Å². The lowest BCUT2D eigenvalue weighted by Crippen LogP contribution is -2.65. The van der Waals surface area contributed by atoms with Crippen molar-refractivity contribution in [3.05, 3.63) is 0 Å². The summed E-state index contributed by atoms with van der Waals surface area (Å²) in [5.74, 6) is -1.98. The van der Waals surface area contributed by atoms with Gasteiger partial charge in [0.1, 0.15) is 24.4 Å². The average molecular weight is 375 g/mol. The molecule has 6 unspecified atom stereocenters. The fourth-order valence-corrected chi connectivity index (χ4v) is 3.70. The molecule has 0 saturated carbocycles. The van der Waals surface area contributed by atoms with Crippen molar-refractivity contribution >= 4 is 11.8 Å². The van der Waals surface area contributed by atoms with Crippen molar-refractivity contribution in [2.45, 2.75) is 81.9 Å². The molecule has 6 atom stereocenters. The lowest BCUT2D eigenvalue weighted by Gasteiger charge is -2.40. The molecule has 2 rings (SSSR count). The standard InChI is InChI=1S/C16H29N3O7/c1-15(2)5-8(16(3,4)19-15)17-12(23)13(24)18-9-11(22)10(21)7(6-20)26-14(9)25/h7-11,14,19-22,25H,5-6H2,1-4H3,(H,17,23)(H,18,24). The number of carbonyl (C=O) groups is 2. The molecule has 0 spiro atoms. The maximum absolute atomic E-state index is 12.2. The van der Waals surface area contributed by atoms with Gasteiger partial charge < -0.3 is 41.1 Å². The molecular weight excluding hydrogens is 346 g/mol. The van der Waals surface area contributed by atoms with Crippen LogP contribution in [0.1, 0.15) is 34.1 Å². The highest BCUT2D eigenvalue weighted by molar-refractivity contribution is 6.35. The number of aliphatic hydroxyl groups excluding tert-OH is 4. The summed E-state index contributed by atoms with van der Waals surface area (Å²) in [7, 11) is 0. The largest absolute Gasteiger partial charge is 0.394 e. The molecule has 0 aromatic rings. The van der Waals surface area contributed by atoms with Crippen molar-refractivity contribution in [3.8, 4) is 0 Å². The molecule has 10 nitrogen and oxygen atoms in total. The van der Waals surface area contributed by atoms with Gasteiger partial charge in [0.15, 0.2) is 6.29 Å². The van der Waals surface area contributed by atoms with E-state index in [1.807, 2.05) is 27.7 Å². The third-order valence-electron chi connectivity index (χ3n) is 4.96. The Hall–Kier alpha value is -1.30. The smallest absolute Gasteiger partial charge is 0.309 e. The summed E-state index contributed by atoms with van der Waals surface area (Å²) in [5.41, 5.74) is -0.623. The maximum atomic E-state index is 12.2. The minimum atomic E-state index is -1.68. The SMILES string of the molecule is CC1(C)CC(NC(=O)C(=O)NC2C(O)OC(CO)C(O)C2O)C(C)(C)N1. The van der Waals surface area contributed by atoms with Crippen LogP contribution in [-0.2, 0) is 14.3 Å². The predicted molar refractivity (Wildman–Crippen MR) is 89.8 cm³/mol. The molecule has 0 radical (unpaired) electrons. The summed E-state index contributed by atoms with van der Waals surface area (Å²) >= 11 is 0. The number of hydrogen-bond donors (Lipinski definition) is 7. The van der Waals surface area contributed by atoms with E-state index in [9.17, 15) is 24.9 Å². The summed E-state index contributed by atoms with van der Waals surface area (Å²) in [4.78, 5) is 24.4. The van der Waals surface area contributed by atoms with Crippen LogP contribution in [0.4, 0.5) is 0 Å². The van der Waals surface area contributed by atoms with Gasteiger partial charge in [0.25, 0.3) is 0 Å². The number of carbonyl (C=O) groups excluding carboxylic acids is 2. The second-order valence-electron chi connectivity index (χ2n) is 8.19. The number of amides is 2. The second kappa shape index (κ2) is 7.37. The Morgan fingerprint density at radius 2 is 1.65 bits per heavy atom. The maximum Gasteiger partial charge on any atom is 0.309 e.